The predicted octanol–water partition coefficient (Wildman–Crippen LogP) is 5.13. The number of carbonyl (C=O) groups is 1. The van der Waals surface area contributed by atoms with E-state index in [0.717, 1.165) is 48.6 Å². The third-order valence-corrected chi connectivity index (χ3v) is 5.55. The van der Waals surface area contributed by atoms with Crippen LogP contribution < -0.4 is 0 Å². The minimum atomic E-state index is 0.131. The van der Waals surface area contributed by atoms with Crippen molar-refractivity contribution in [2.24, 2.45) is 5.92 Å². The van der Waals surface area contributed by atoms with Gasteiger partial charge in [-0.05, 0) is 30.5 Å². The summed E-state index contributed by atoms with van der Waals surface area (Å²) < 4.78 is 0. The highest BCUT2D eigenvalue weighted by Crippen LogP contribution is 2.40. The first kappa shape index (κ1) is 16.7. The second-order valence-corrected chi connectivity index (χ2v) is 7.18. The maximum absolute atomic E-state index is 12.8. The largest absolute Gasteiger partial charge is 0.325 e. The number of halogens is 1. The monoisotopic (exact) mass is 325 g/mol. The van der Waals surface area contributed by atoms with Crippen LogP contribution in [0.4, 0.5) is 0 Å². The lowest BCUT2D eigenvalue weighted by Crippen LogP contribution is -2.35. The second kappa shape index (κ2) is 8.09. The quantitative estimate of drug-likeness (QED) is 0.722. The van der Waals surface area contributed by atoms with Crippen LogP contribution in [0.3, 0.4) is 0 Å². The first-order chi connectivity index (χ1) is 10.2. The molecule has 0 spiro atoms. The van der Waals surface area contributed by atoms with Gasteiger partial charge in [0.25, 0.3) is 0 Å². The molecule has 1 aliphatic heterocycles. The molecule has 116 valence electrons. The Hall–Kier alpha value is -0.670. The van der Waals surface area contributed by atoms with Crippen molar-refractivity contribution in [2.45, 2.75) is 44.9 Å². The molecule has 0 aliphatic carbocycles. The van der Waals surface area contributed by atoms with Gasteiger partial charge in [0.15, 0.2) is 0 Å². The lowest BCUT2D eigenvalue weighted by Gasteiger charge is -2.28. The molecule has 1 aromatic rings. The molecule has 1 aliphatic rings. The Morgan fingerprint density at radius 2 is 2.29 bits per heavy atom. The number of thioether (sulfide) groups is 1. The molecule has 21 heavy (non-hydrogen) atoms. The van der Waals surface area contributed by atoms with Crippen molar-refractivity contribution in [2.75, 3.05) is 12.3 Å². The van der Waals surface area contributed by atoms with Gasteiger partial charge in [-0.3, -0.25) is 4.79 Å². The van der Waals surface area contributed by atoms with Gasteiger partial charge in [-0.25, -0.2) is 0 Å². The summed E-state index contributed by atoms with van der Waals surface area (Å²) in [4.78, 5) is 14.9. The van der Waals surface area contributed by atoms with Crippen molar-refractivity contribution in [1.82, 2.24) is 4.90 Å². The summed E-state index contributed by atoms with van der Waals surface area (Å²) in [6.07, 6.45) is 4.22. The number of carbonyl (C=O) groups excluding carboxylic acids is 1. The number of unbranched alkanes of at least 4 members (excludes halogenated alkanes) is 1. The third-order valence-electron chi connectivity index (χ3n) is 4.06. The Labute approximate surface area is 137 Å². The molecule has 2 rings (SSSR count). The Morgan fingerprint density at radius 3 is 2.95 bits per heavy atom. The van der Waals surface area contributed by atoms with Crippen LogP contribution in [0.1, 0.15) is 50.5 Å². The lowest BCUT2D eigenvalue weighted by molar-refractivity contribution is -0.136. The molecule has 2 unspecified atom stereocenters. The summed E-state index contributed by atoms with van der Waals surface area (Å²) in [6.45, 7) is 5.15. The molecule has 0 aromatic heterocycles. The smallest absolute Gasteiger partial charge is 0.226 e. The maximum Gasteiger partial charge on any atom is 0.226 e. The molecule has 2 atom stereocenters. The number of nitrogens with zero attached hydrogens (tertiary/aromatic N) is 1. The Bertz CT molecular complexity index is 480. The third kappa shape index (κ3) is 4.17. The Balaban J connectivity index is 2.12. The van der Waals surface area contributed by atoms with Crippen molar-refractivity contribution in [3.05, 3.63) is 34.9 Å². The molecule has 1 heterocycles. The van der Waals surface area contributed by atoms with Crippen molar-refractivity contribution in [3.63, 3.8) is 0 Å². The van der Waals surface area contributed by atoms with Gasteiger partial charge < -0.3 is 4.90 Å². The van der Waals surface area contributed by atoms with Gasteiger partial charge in [-0.2, -0.15) is 0 Å². The molecule has 0 saturated carbocycles. The van der Waals surface area contributed by atoms with Gasteiger partial charge in [-0.1, -0.05) is 50.4 Å². The lowest BCUT2D eigenvalue weighted by atomic mass is 9.97. The maximum atomic E-state index is 12.8. The number of amides is 1. The van der Waals surface area contributed by atoms with E-state index in [1.807, 2.05) is 30.0 Å². The minimum absolute atomic E-state index is 0.131. The highest BCUT2D eigenvalue weighted by molar-refractivity contribution is 7.99. The van der Waals surface area contributed by atoms with E-state index in [0.29, 0.717) is 5.91 Å². The number of hydrogen-bond donors (Lipinski definition) is 0. The van der Waals surface area contributed by atoms with Crippen LogP contribution in [0.15, 0.2) is 24.3 Å². The Morgan fingerprint density at radius 1 is 1.48 bits per heavy atom. The standard InChI is InChI=1S/C17H24ClNOS/c1-3-5-7-13(4-2)16(20)19-10-11-21-17(19)14-8-6-9-15(18)12-14/h6,8-9,12-13,17H,3-5,7,10-11H2,1-2H3. The van der Waals surface area contributed by atoms with Crippen LogP contribution in [-0.2, 0) is 4.79 Å². The highest BCUT2D eigenvalue weighted by Gasteiger charge is 2.33. The predicted molar refractivity (Wildman–Crippen MR) is 91.7 cm³/mol. The van der Waals surface area contributed by atoms with E-state index >= 15 is 0 Å². The fourth-order valence-corrected chi connectivity index (χ4v) is 4.27. The normalized spacial score (nSPS) is 19.8. The van der Waals surface area contributed by atoms with Crippen LogP contribution >= 0.6 is 23.4 Å². The van der Waals surface area contributed by atoms with Gasteiger partial charge >= 0.3 is 0 Å². The van der Waals surface area contributed by atoms with Crippen molar-refractivity contribution >= 4 is 29.3 Å². The summed E-state index contributed by atoms with van der Waals surface area (Å²) in [5.74, 6) is 1.50. The summed E-state index contributed by atoms with van der Waals surface area (Å²) in [5.41, 5.74) is 1.14. The molecule has 0 N–H and O–H groups in total. The topological polar surface area (TPSA) is 20.3 Å². The van der Waals surface area contributed by atoms with Crippen LogP contribution in [0, 0.1) is 5.92 Å². The van der Waals surface area contributed by atoms with E-state index in [4.69, 9.17) is 11.6 Å². The molecular weight excluding hydrogens is 302 g/mol. The molecule has 4 heteroatoms. The fourth-order valence-electron chi connectivity index (χ4n) is 2.82. The summed E-state index contributed by atoms with van der Waals surface area (Å²) in [7, 11) is 0. The Kier molecular flexibility index (Phi) is 6.43. The van der Waals surface area contributed by atoms with E-state index < -0.39 is 0 Å². The summed E-state index contributed by atoms with van der Waals surface area (Å²) in [6, 6.07) is 7.90. The summed E-state index contributed by atoms with van der Waals surface area (Å²) >= 11 is 7.93. The zero-order valence-electron chi connectivity index (χ0n) is 12.8. The van der Waals surface area contributed by atoms with Crippen LogP contribution in [0.5, 0.6) is 0 Å². The zero-order chi connectivity index (χ0) is 15.2. The van der Waals surface area contributed by atoms with Gasteiger partial charge in [0.05, 0.1) is 0 Å². The van der Waals surface area contributed by atoms with Crippen LogP contribution in [-0.4, -0.2) is 23.1 Å². The molecule has 2 nitrogen and oxygen atoms in total. The average Bonchev–Trinajstić information content (AvgIpc) is 2.97. The molecule has 1 fully saturated rings. The molecular formula is C17H24ClNOS. The van der Waals surface area contributed by atoms with Crippen molar-refractivity contribution in [1.29, 1.82) is 0 Å². The van der Waals surface area contributed by atoms with Gasteiger partial charge in [-0.15, -0.1) is 11.8 Å². The number of rotatable bonds is 6. The van der Waals surface area contributed by atoms with E-state index in [2.05, 4.69) is 24.8 Å². The van der Waals surface area contributed by atoms with Crippen molar-refractivity contribution in [3.8, 4) is 0 Å². The molecule has 0 radical (unpaired) electrons. The highest BCUT2D eigenvalue weighted by atomic mass is 35.5. The number of benzene rings is 1. The molecule has 1 aromatic carbocycles. The molecule has 1 amide bonds. The zero-order valence-corrected chi connectivity index (χ0v) is 14.4. The van der Waals surface area contributed by atoms with E-state index in [-0.39, 0.29) is 11.3 Å². The van der Waals surface area contributed by atoms with E-state index in [1.54, 1.807) is 0 Å². The first-order valence-electron chi connectivity index (χ1n) is 7.84. The minimum Gasteiger partial charge on any atom is -0.325 e. The molecule has 0 bridgehead atoms. The summed E-state index contributed by atoms with van der Waals surface area (Å²) in [5, 5.41) is 0.873. The van der Waals surface area contributed by atoms with E-state index in [1.165, 1.54) is 0 Å². The van der Waals surface area contributed by atoms with Gasteiger partial charge in [0.1, 0.15) is 5.37 Å². The van der Waals surface area contributed by atoms with Crippen LogP contribution in [0.2, 0.25) is 5.02 Å². The first-order valence-corrected chi connectivity index (χ1v) is 9.27. The fraction of sp³-hybridized carbons (Fsp3) is 0.588. The second-order valence-electron chi connectivity index (χ2n) is 5.56. The number of hydrogen-bond acceptors (Lipinski definition) is 2. The average molecular weight is 326 g/mol. The van der Waals surface area contributed by atoms with Gasteiger partial charge in [0, 0.05) is 23.2 Å². The molecule has 1 saturated heterocycles. The van der Waals surface area contributed by atoms with Crippen molar-refractivity contribution < 1.29 is 4.79 Å². The van der Waals surface area contributed by atoms with Crippen LogP contribution in [0.25, 0.3) is 0 Å². The van der Waals surface area contributed by atoms with Gasteiger partial charge in [0.2, 0.25) is 5.91 Å². The van der Waals surface area contributed by atoms with E-state index in [9.17, 15) is 4.79 Å². The SMILES string of the molecule is CCCCC(CC)C(=O)N1CCSC1c1cccc(Cl)c1.